The minimum atomic E-state index is 0.0289. The summed E-state index contributed by atoms with van der Waals surface area (Å²) in [5.74, 6) is 0.727. The van der Waals surface area contributed by atoms with Crippen molar-refractivity contribution in [2.45, 2.75) is 39.7 Å². The highest BCUT2D eigenvalue weighted by atomic mass is 32.1. The Bertz CT molecular complexity index is 744. The van der Waals surface area contributed by atoms with E-state index in [9.17, 15) is 9.59 Å². The highest BCUT2D eigenvalue weighted by Gasteiger charge is 2.27. The maximum absolute atomic E-state index is 12.7. The molecular weight excluding hydrogens is 308 g/mol. The molecule has 1 aromatic heterocycles. The van der Waals surface area contributed by atoms with E-state index in [-0.39, 0.29) is 10.8 Å². The Morgan fingerprint density at radius 2 is 1.96 bits per heavy atom. The number of para-hydroxylation sites is 1. The molecule has 1 heterocycles. The molecule has 1 aromatic carbocycles. The number of nitrogens with zero attached hydrogens (tertiary/aromatic N) is 2. The first-order chi connectivity index (χ1) is 11.1. The average Bonchev–Trinajstić information content (AvgIpc) is 3.33. The zero-order valence-corrected chi connectivity index (χ0v) is 14.4. The second-order valence-electron chi connectivity index (χ2n) is 6.19. The molecule has 3 rings (SSSR count). The molecule has 1 amide bonds. The summed E-state index contributed by atoms with van der Waals surface area (Å²) in [6, 6.07) is 9.83. The smallest absolute Gasteiger partial charge is 0.307 e. The Morgan fingerprint density at radius 3 is 2.52 bits per heavy atom. The fourth-order valence-corrected chi connectivity index (χ4v) is 3.56. The zero-order chi connectivity index (χ0) is 16.4. The molecule has 0 atom stereocenters. The Kier molecular flexibility index (Phi) is 4.66. The Morgan fingerprint density at radius 1 is 1.26 bits per heavy atom. The van der Waals surface area contributed by atoms with Gasteiger partial charge in [0.15, 0.2) is 0 Å². The van der Waals surface area contributed by atoms with Crippen LogP contribution in [0.15, 0.2) is 35.1 Å². The third-order valence-corrected chi connectivity index (χ3v) is 5.43. The van der Waals surface area contributed by atoms with Crippen molar-refractivity contribution < 1.29 is 4.79 Å². The molecule has 0 unspecified atom stereocenters. The van der Waals surface area contributed by atoms with E-state index in [1.807, 2.05) is 49.1 Å². The number of anilines is 1. The van der Waals surface area contributed by atoms with Crippen LogP contribution in [0.2, 0.25) is 0 Å². The number of rotatable bonds is 6. The average molecular weight is 330 g/mol. The lowest BCUT2D eigenvalue weighted by Crippen LogP contribution is -2.34. The molecule has 1 saturated carbocycles. The second kappa shape index (κ2) is 6.71. The SMILES string of the molecule is Cc1sc(=O)n(CCC(=O)N(CC2CC2)c2ccccc2)c1C. The van der Waals surface area contributed by atoms with Gasteiger partial charge in [-0.1, -0.05) is 29.5 Å². The van der Waals surface area contributed by atoms with E-state index >= 15 is 0 Å². The predicted molar refractivity (Wildman–Crippen MR) is 94.2 cm³/mol. The van der Waals surface area contributed by atoms with Crippen molar-refractivity contribution in [2.75, 3.05) is 11.4 Å². The lowest BCUT2D eigenvalue weighted by Gasteiger charge is -2.23. The Labute approximate surface area is 140 Å². The summed E-state index contributed by atoms with van der Waals surface area (Å²) in [7, 11) is 0. The van der Waals surface area contributed by atoms with Crippen molar-refractivity contribution in [1.29, 1.82) is 0 Å². The van der Waals surface area contributed by atoms with Crippen LogP contribution < -0.4 is 9.77 Å². The van der Waals surface area contributed by atoms with Crippen molar-refractivity contribution in [3.05, 3.63) is 50.6 Å². The van der Waals surface area contributed by atoms with E-state index in [4.69, 9.17) is 0 Å². The number of carbonyl (C=O) groups is 1. The molecule has 0 radical (unpaired) electrons. The quantitative estimate of drug-likeness (QED) is 0.815. The first-order valence-electron chi connectivity index (χ1n) is 8.08. The summed E-state index contributed by atoms with van der Waals surface area (Å²) in [5.41, 5.74) is 1.93. The number of amides is 1. The van der Waals surface area contributed by atoms with Crippen LogP contribution in [0.25, 0.3) is 0 Å². The van der Waals surface area contributed by atoms with Gasteiger partial charge in [-0.05, 0) is 44.7 Å². The largest absolute Gasteiger partial charge is 0.312 e. The molecule has 4 nitrogen and oxygen atoms in total. The molecule has 1 aliphatic carbocycles. The number of hydrogen-bond donors (Lipinski definition) is 0. The number of carbonyl (C=O) groups excluding carboxylic acids is 1. The van der Waals surface area contributed by atoms with Crippen LogP contribution in [0.4, 0.5) is 5.69 Å². The number of aryl methyl sites for hydroxylation is 1. The van der Waals surface area contributed by atoms with Gasteiger partial charge in [-0.2, -0.15) is 0 Å². The summed E-state index contributed by atoms with van der Waals surface area (Å²) < 4.78 is 1.72. The topological polar surface area (TPSA) is 42.3 Å². The molecule has 0 aliphatic heterocycles. The van der Waals surface area contributed by atoms with E-state index in [2.05, 4.69) is 0 Å². The van der Waals surface area contributed by atoms with Gasteiger partial charge in [0.05, 0.1) is 0 Å². The summed E-state index contributed by atoms with van der Waals surface area (Å²) in [6.07, 6.45) is 2.77. The van der Waals surface area contributed by atoms with Crippen molar-refractivity contribution in [3.63, 3.8) is 0 Å². The second-order valence-corrected chi connectivity index (χ2v) is 7.36. The van der Waals surface area contributed by atoms with Crippen molar-refractivity contribution >= 4 is 22.9 Å². The molecule has 122 valence electrons. The van der Waals surface area contributed by atoms with Crippen LogP contribution in [-0.4, -0.2) is 17.0 Å². The number of benzene rings is 1. The first kappa shape index (κ1) is 16.0. The van der Waals surface area contributed by atoms with Crippen LogP contribution in [0.1, 0.15) is 29.8 Å². The molecule has 0 N–H and O–H groups in total. The molecule has 0 spiro atoms. The lowest BCUT2D eigenvalue weighted by atomic mass is 10.2. The maximum Gasteiger partial charge on any atom is 0.307 e. The van der Waals surface area contributed by atoms with Gasteiger partial charge in [0.1, 0.15) is 0 Å². The van der Waals surface area contributed by atoms with E-state index in [1.54, 1.807) is 4.57 Å². The van der Waals surface area contributed by atoms with Gasteiger partial charge in [-0.15, -0.1) is 0 Å². The van der Waals surface area contributed by atoms with Crippen LogP contribution in [0.5, 0.6) is 0 Å². The molecule has 0 saturated heterocycles. The molecule has 0 bridgehead atoms. The molecule has 23 heavy (non-hydrogen) atoms. The van der Waals surface area contributed by atoms with Crippen LogP contribution >= 0.6 is 11.3 Å². The summed E-state index contributed by atoms with van der Waals surface area (Å²) in [4.78, 5) is 27.6. The third kappa shape index (κ3) is 3.72. The van der Waals surface area contributed by atoms with Gasteiger partial charge in [-0.3, -0.25) is 9.59 Å². The number of hydrogen-bond acceptors (Lipinski definition) is 3. The van der Waals surface area contributed by atoms with E-state index in [1.165, 1.54) is 24.2 Å². The predicted octanol–water partition coefficient (Wildman–Crippen LogP) is 3.36. The van der Waals surface area contributed by atoms with Crippen molar-refractivity contribution in [1.82, 2.24) is 4.57 Å². The monoisotopic (exact) mass is 330 g/mol. The maximum atomic E-state index is 12.7. The summed E-state index contributed by atoms with van der Waals surface area (Å²) in [6.45, 7) is 5.14. The molecule has 1 fully saturated rings. The minimum Gasteiger partial charge on any atom is -0.312 e. The highest BCUT2D eigenvalue weighted by Crippen LogP contribution is 2.31. The Hall–Kier alpha value is -1.88. The normalized spacial score (nSPS) is 14.0. The van der Waals surface area contributed by atoms with Crippen LogP contribution in [-0.2, 0) is 11.3 Å². The summed E-state index contributed by atoms with van der Waals surface area (Å²) in [5, 5.41) is 0. The summed E-state index contributed by atoms with van der Waals surface area (Å²) >= 11 is 1.26. The highest BCUT2D eigenvalue weighted by molar-refractivity contribution is 7.09. The fourth-order valence-electron chi connectivity index (χ4n) is 2.71. The van der Waals surface area contributed by atoms with Gasteiger partial charge < -0.3 is 9.47 Å². The Balaban J connectivity index is 1.72. The van der Waals surface area contributed by atoms with Gasteiger partial charge in [-0.25, -0.2) is 0 Å². The van der Waals surface area contributed by atoms with E-state index < -0.39 is 0 Å². The molecule has 2 aromatic rings. The standard InChI is InChI=1S/C18H22N2O2S/c1-13-14(2)23-18(22)19(13)11-10-17(21)20(12-15-8-9-15)16-6-4-3-5-7-16/h3-7,15H,8-12H2,1-2H3. The number of aromatic nitrogens is 1. The number of thiazole rings is 1. The lowest BCUT2D eigenvalue weighted by molar-refractivity contribution is -0.118. The van der Waals surface area contributed by atoms with E-state index in [0.717, 1.165) is 22.8 Å². The van der Waals surface area contributed by atoms with Gasteiger partial charge in [0, 0.05) is 35.8 Å². The first-order valence-corrected chi connectivity index (χ1v) is 8.90. The third-order valence-electron chi connectivity index (χ3n) is 4.43. The van der Waals surface area contributed by atoms with Crippen LogP contribution in [0, 0.1) is 19.8 Å². The van der Waals surface area contributed by atoms with Gasteiger partial charge in [0.25, 0.3) is 0 Å². The van der Waals surface area contributed by atoms with Gasteiger partial charge in [0.2, 0.25) is 5.91 Å². The molecule has 5 heteroatoms. The minimum absolute atomic E-state index is 0.0289. The molecular formula is C18H22N2O2S. The van der Waals surface area contributed by atoms with E-state index in [0.29, 0.717) is 18.9 Å². The fraction of sp³-hybridized carbons (Fsp3) is 0.444. The van der Waals surface area contributed by atoms with Crippen LogP contribution in [0.3, 0.4) is 0 Å². The van der Waals surface area contributed by atoms with Crippen molar-refractivity contribution in [3.8, 4) is 0 Å². The zero-order valence-electron chi connectivity index (χ0n) is 13.6. The van der Waals surface area contributed by atoms with Crippen molar-refractivity contribution in [2.24, 2.45) is 5.92 Å². The van der Waals surface area contributed by atoms with Gasteiger partial charge >= 0.3 is 4.87 Å². The molecule has 1 aliphatic rings.